The highest BCUT2D eigenvalue weighted by atomic mass is 79.9. The first-order chi connectivity index (χ1) is 8.65. The van der Waals surface area contributed by atoms with Gasteiger partial charge in [0, 0.05) is 16.8 Å². The molecule has 1 fully saturated rings. The summed E-state index contributed by atoms with van der Waals surface area (Å²) >= 11 is 3.40. The highest BCUT2D eigenvalue weighted by Crippen LogP contribution is 2.29. The van der Waals surface area contributed by atoms with Crippen molar-refractivity contribution in [1.82, 2.24) is 0 Å². The second-order valence-corrected chi connectivity index (χ2v) is 6.36. The minimum atomic E-state index is 0.669. The fourth-order valence-electron chi connectivity index (χ4n) is 2.74. The average molecular weight is 312 g/mol. The zero-order valence-electron chi connectivity index (χ0n) is 11.0. The molecule has 1 aromatic rings. The van der Waals surface area contributed by atoms with Crippen molar-refractivity contribution in [2.24, 2.45) is 11.8 Å². The molecule has 100 valence electrons. The lowest BCUT2D eigenvalue weighted by Gasteiger charge is -2.26. The minimum absolute atomic E-state index is 0.669. The molecule has 2 N–H and O–H groups in total. The van der Waals surface area contributed by atoms with E-state index in [1.165, 1.54) is 25.7 Å². The van der Waals surface area contributed by atoms with Gasteiger partial charge in [0.2, 0.25) is 0 Å². The van der Waals surface area contributed by atoms with Crippen molar-refractivity contribution in [3.63, 3.8) is 0 Å². The molecule has 1 aliphatic carbocycles. The van der Waals surface area contributed by atoms with Crippen LogP contribution in [0.2, 0.25) is 0 Å². The first-order valence-electron chi connectivity index (χ1n) is 6.77. The van der Waals surface area contributed by atoms with Gasteiger partial charge in [-0.25, -0.2) is 0 Å². The van der Waals surface area contributed by atoms with Crippen molar-refractivity contribution in [1.29, 1.82) is 0 Å². The van der Waals surface area contributed by atoms with Crippen LogP contribution in [0.3, 0.4) is 0 Å². The summed E-state index contributed by atoms with van der Waals surface area (Å²) in [5.41, 5.74) is 7.78. The molecular weight excluding hydrogens is 290 g/mol. The highest BCUT2D eigenvalue weighted by Gasteiger charge is 2.18. The second-order valence-electron chi connectivity index (χ2n) is 5.51. The van der Waals surface area contributed by atoms with E-state index in [4.69, 9.17) is 10.5 Å². The number of halogens is 1. The molecule has 2 atom stereocenters. The summed E-state index contributed by atoms with van der Waals surface area (Å²) in [4.78, 5) is 0. The van der Waals surface area contributed by atoms with Crippen LogP contribution in [0.4, 0.5) is 5.69 Å². The largest absolute Gasteiger partial charge is 0.398 e. The molecule has 2 nitrogen and oxygen atoms in total. The lowest BCUT2D eigenvalue weighted by atomic mass is 9.83. The topological polar surface area (TPSA) is 35.2 Å². The van der Waals surface area contributed by atoms with E-state index in [0.717, 1.165) is 34.2 Å². The van der Waals surface area contributed by atoms with Crippen LogP contribution in [-0.4, -0.2) is 6.61 Å². The van der Waals surface area contributed by atoms with Gasteiger partial charge in [0.25, 0.3) is 0 Å². The predicted octanol–water partition coefficient (Wildman–Crippen LogP) is 4.37. The van der Waals surface area contributed by atoms with Gasteiger partial charge in [-0.2, -0.15) is 0 Å². The molecule has 3 heteroatoms. The third-order valence-corrected chi connectivity index (χ3v) is 4.45. The lowest BCUT2D eigenvalue weighted by molar-refractivity contribution is 0.0658. The van der Waals surface area contributed by atoms with E-state index < -0.39 is 0 Å². The van der Waals surface area contributed by atoms with Crippen LogP contribution in [0.1, 0.15) is 38.2 Å². The molecule has 18 heavy (non-hydrogen) atoms. The van der Waals surface area contributed by atoms with Crippen LogP contribution < -0.4 is 5.73 Å². The number of rotatable bonds is 4. The van der Waals surface area contributed by atoms with E-state index in [1.807, 2.05) is 12.1 Å². The van der Waals surface area contributed by atoms with Gasteiger partial charge >= 0.3 is 0 Å². The number of ether oxygens (including phenoxy) is 1. The quantitative estimate of drug-likeness (QED) is 0.838. The van der Waals surface area contributed by atoms with E-state index in [9.17, 15) is 0 Å². The van der Waals surface area contributed by atoms with Crippen LogP contribution in [-0.2, 0) is 11.3 Å². The standard InChI is InChI=1S/C15H22BrNO/c1-11-3-2-4-12(7-11)9-18-10-13-5-6-14(16)15(17)8-13/h5-6,8,11-12H,2-4,7,9-10,17H2,1H3. The average Bonchev–Trinajstić information content (AvgIpc) is 2.34. The molecular formula is C15H22BrNO. The van der Waals surface area contributed by atoms with Gasteiger partial charge in [-0.1, -0.05) is 25.8 Å². The summed E-state index contributed by atoms with van der Waals surface area (Å²) in [6.45, 7) is 3.91. The maximum absolute atomic E-state index is 5.85. The Labute approximate surface area is 118 Å². The van der Waals surface area contributed by atoms with Crippen molar-refractivity contribution in [2.75, 3.05) is 12.3 Å². The molecule has 2 rings (SSSR count). The summed E-state index contributed by atoms with van der Waals surface area (Å²) < 4.78 is 6.78. The number of benzene rings is 1. The summed E-state index contributed by atoms with van der Waals surface area (Å²) in [6.07, 6.45) is 5.40. The Balaban J connectivity index is 1.76. The van der Waals surface area contributed by atoms with Crippen molar-refractivity contribution < 1.29 is 4.74 Å². The summed E-state index contributed by atoms with van der Waals surface area (Å²) in [5.74, 6) is 1.62. The van der Waals surface area contributed by atoms with Gasteiger partial charge in [0.1, 0.15) is 0 Å². The van der Waals surface area contributed by atoms with Crippen molar-refractivity contribution >= 4 is 21.6 Å². The number of nitrogens with two attached hydrogens (primary N) is 1. The molecule has 0 radical (unpaired) electrons. The van der Waals surface area contributed by atoms with Gasteiger partial charge in [0.05, 0.1) is 6.61 Å². The summed E-state index contributed by atoms with van der Waals surface area (Å²) in [5, 5.41) is 0. The van der Waals surface area contributed by atoms with Gasteiger partial charge in [-0.3, -0.25) is 0 Å². The molecule has 0 bridgehead atoms. The molecule has 1 aromatic carbocycles. The molecule has 1 aliphatic rings. The number of hydrogen-bond donors (Lipinski definition) is 1. The maximum Gasteiger partial charge on any atom is 0.0717 e. The van der Waals surface area contributed by atoms with Crippen molar-refractivity contribution in [2.45, 2.75) is 39.2 Å². The molecule has 2 unspecified atom stereocenters. The number of anilines is 1. The molecule has 0 aliphatic heterocycles. The SMILES string of the molecule is CC1CCCC(COCc2ccc(Br)c(N)c2)C1. The van der Waals surface area contributed by atoms with Crippen LogP contribution in [0.15, 0.2) is 22.7 Å². The van der Waals surface area contributed by atoms with E-state index >= 15 is 0 Å². The Bertz CT molecular complexity index is 394. The molecule has 0 heterocycles. The Hall–Kier alpha value is -0.540. The second kappa shape index (κ2) is 6.58. The Kier molecular flexibility index (Phi) is 5.07. The zero-order valence-corrected chi connectivity index (χ0v) is 12.6. The first kappa shape index (κ1) is 13.9. The Morgan fingerprint density at radius 3 is 2.94 bits per heavy atom. The number of nitrogen functional groups attached to an aromatic ring is 1. The zero-order chi connectivity index (χ0) is 13.0. The third kappa shape index (κ3) is 3.99. The Morgan fingerprint density at radius 2 is 2.22 bits per heavy atom. The third-order valence-electron chi connectivity index (χ3n) is 3.73. The molecule has 0 spiro atoms. The fraction of sp³-hybridized carbons (Fsp3) is 0.600. The van der Waals surface area contributed by atoms with Gasteiger partial charge in [-0.05, 0) is 58.3 Å². The van der Waals surface area contributed by atoms with Gasteiger partial charge in [-0.15, -0.1) is 0 Å². The molecule has 0 saturated heterocycles. The first-order valence-corrected chi connectivity index (χ1v) is 7.56. The summed E-state index contributed by atoms with van der Waals surface area (Å²) in [6, 6.07) is 6.02. The Morgan fingerprint density at radius 1 is 1.39 bits per heavy atom. The van der Waals surface area contributed by atoms with Crippen LogP contribution >= 0.6 is 15.9 Å². The van der Waals surface area contributed by atoms with Crippen LogP contribution in [0.25, 0.3) is 0 Å². The van der Waals surface area contributed by atoms with Crippen LogP contribution in [0, 0.1) is 11.8 Å². The maximum atomic E-state index is 5.85. The van der Waals surface area contributed by atoms with Gasteiger partial charge < -0.3 is 10.5 Å². The van der Waals surface area contributed by atoms with E-state index in [-0.39, 0.29) is 0 Å². The molecule has 1 saturated carbocycles. The summed E-state index contributed by atoms with van der Waals surface area (Å²) in [7, 11) is 0. The van der Waals surface area contributed by atoms with Crippen molar-refractivity contribution in [3.8, 4) is 0 Å². The molecule has 0 aromatic heterocycles. The van der Waals surface area contributed by atoms with Crippen LogP contribution in [0.5, 0.6) is 0 Å². The van der Waals surface area contributed by atoms with E-state index in [0.29, 0.717) is 6.61 Å². The molecule has 0 amide bonds. The fourth-order valence-corrected chi connectivity index (χ4v) is 2.98. The predicted molar refractivity (Wildman–Crippen MR) is 79.3 cm³/mol. The normalized spacial score (nSPS) is 24.1. The highest BCUT2D eigenvalue weighted by molar-refractivity contribution is 9.10. The monoisotopic (exact) mass is 311 g/mol. The number of hydrogen-bond acceptors (Lipinski definition) is 2. The minimum Gasteiger partial charge on any atom is -0.398 e. The van der Waals surface area contributed by atoms with Crippen molar-refractivity contribution in [3.05, 3.63) is 28.2 Å². The van der Waals surface area contributed by atoms with E-state index in [2.05, 4.69) is 28.9 Å². The smallest absolute Gasteiger partial charge is 0.0717 e. The van der Waals surface area contributed by atoms with E-state index in [1.54, 1.807) is 0 Å². The van der Waals surface area contributed by atoms with Gasteiger partial charge in [0.15, 0.2) is 0 Å². The lowest BCUT2D eigenvalue weighted by Crippen LogP contribution is -2.18.